The summed E-state index contributed by atoms with van der Waals surface area (Å²) in [5.74, 6) is 0.973. The van der Waals surface area contributed by atoms with Crippen LogP contribution < -0.4 is 4.90 Å². The Morgan fingerprint density at radius 2 is 1.87 bits per heavy atom. The predicted molar refractivity (Wildman–Crippen MR) is 131 cm³/mol. The third kappa shape index (κ3) is 5.45. The van der Waals surface area contributed by atoms with Gasteiger partial charge >= 0.3 is 0 Å². The Hall–Kier alpha value is -2.41. The Labute approximate surface area is 195 Å². The van der Waals surface area contributed by atoms with Crippen LogP contribution in [0.1, 0.15) is 24.0 Å². The van der Waals surface area contributed by atoms with E-state index < -0.39 is 0 Å². The van der Waals surface area contributed by atoms with Crippen molar-refractivity contribution in [1.29, 1.82) is 0 Å². The minimum absolute atomic E-state index is 0.0771. The Morgan fingerprint density at radius 3 is 2.65 bits per heavy atom. The zero-order valence-electron chi connectivity index (χ0n) is 17.1. The van der Waals surface area contributed by atoms with Crippen molar-refractivity contribution >= 4 is 56.0 Å². The lowest BCUT2D eigenvalue weighted by Crippen LogP contribution is -2.30. The highest BCUT2D eigenvalue weighted by atomic mass is 35.5. The number of amides is 1. The first kappa shape index (κ1) is 21.8. The van der Waals surface area contributed by atoms with E-state index in [1.165, 1.54) is 16.2 Å². The molecule has 0 saturated carbocycles. The van der Waals surface area contributed by atoms with Crippen molar-refractivity contribution in [3.05, 3.63) is 83.1 Å². The van der Waals surface area contributed by atoms with Gasteiger partial charge in [-0.1, -0.05) is 41.1 Å². The van der Waals surface area contributed by atoms with Crippen LogP contribution >= 0.6 is 34.7 Å². The van der Waals surface area contributed by atoms with E-state index in [4.69, 9.17) is 16.6 Å². The Bertz CT molecular complexity index is 1170. The summed E-state index contributed by atoms with van der Waals surface area (Å²) in [5.41, 5.74) is 2.83. The van der Waals surface area contributed by atoms with E-state index >= 15 is 0 Å². The van der Waals surface area contributed by atoms with Gasteiger partial charge in [-0.25, -0.2) is 4.98 Å². The summed E-state index contributed by atoms with van der Waals surface area (Å²) in [4.78, 5) is 25.1. The van der Waals surface area contributed by atoms with Gasteiger partial charge in [-0.3, -0.25) is 14.7 Å². The molecule has 31 heavy (non-hydrogen) atoms. The fraction of sp³-hybridized carbons (Fsp3) is 0.208. The minimum Gasteiger partial charge on any atom is -0.284 e. The zero-order valence-corrected chi connectivity index (χ0v) is 19.5. The number of thiazole rings is 1. The zero-order chi connectivity index (χ0) is 21.6. The third-order valence-corrected chi connectivity index (χ3v) is 7.46. The van der Waals surface area contributed by atoms with Gasteiger partial charge in [-0.05, 0) is 66.6 Å². The van der Waals surface area contributed by atoms with Gasteiger partial charge in [0.05, 0.1) is 16.8 Å². The number of thioether (sulfide) groups is 1. The highest BCUT2D eigenvalue weighted by molar-refractivity contribution is 7.99. The molecule has 0 bridgehead atoms. The summed E-state index contributed by atoms with van der Waals surface area (Å²) in [6, 6.07) is 18.0. The van der Waals surface area contributed by atoms with Gasteiger partial charge in [0.15, 0.2) is 5.13 Å². The summed E-state index contributed by atoms with van der Waals surface area (Å²) in [6.07, 6.45) is 4.77. The van der Waals surface area contributed by atoms with Crippen molar-refractivity contribution in [1.82, 2.24) is 9.97 Å². The van der Waals surface area contributed by atoms with Gasteiger partial charge in [-0.15, -0.1) is 11.8 Å². The number of aryl methyl sites for hydroxylation is 1. The quantitative estimate of drug-likeness (QED) is 0.212. The van der Waals surface area contributed by atoms with Crippen LogP contribution in [0, 0.1) is 6.92 Å². The van der Waals surface area contributed by atoms with Crippen LogP contribution in [0.3, 0.4) is 0 Å². The Morgan fingerprint density at radius 1 is 1.10 bits per heavy atom. The first-order valence-corrected chi connectivity index (χ1v) is 12.2. The lowest BCUT2D eigenvalue weighted by molar-refractivity contribution is -0.118. The molecule has 2 aromatic heterocycles. The number of aromatic nitrogens is 2. The molecule has 2 aromatic carbocycles. The Kier molecular flexibility index (Phi) is 7.22. The number of anilines is 1. The second-order valence-electron chi connectivity index (χ2n) is 7.12. The van der Waals surface area contributed by atoms with Crippen LogP contribution in [0.5, 0.6) is 0 Å². The second kappa shape index (κ2) is 10.3. The van der Waals surface area contributed by atoms with Crippen molar-refractivity contribution in [2.45, 2.75) is 31.2 Å². The number of halogens is 1. The van der Waals surface area contributed by atoms with Crippen molar-refractivity contribution in [2.75, 3.05) is 10.7 Å². The average molecular weight is 468 g/mol. The van der Waals surface area contributed by atoms with Crippen LogP contribution in [0.25, 0.3) is 10.2 Å². The first-order valence-electron chi connectivity index (χ1n) is 10.0. The highest BCUT2D eigenvalue weighted by Gasteiger charge is 2.21. The van der Waals surface area contributed by atoms with Crippen LogP contribution in [-0.2, 0) is 11.3 Å². The molecule has 7 heteroatoms. The molecule has 0 atom stereocenters. The maximum Gasteiger partial charge on any atom is 0.229 e. The first-order chi connectivity index (χ1) is 15.1. The summed E-state index contributed by atoms with van der Waals surface area (Å²) < 4.78 is 1.03. The number of pyridine rings is 1. The molecule has 0 aliphatic carbocycles. The van der Waals surface area contributed by atoms with E-state index in [9.17, 15) is 4.79 Å². The second-order valence-corrected chi connectivity index (χ2v) is 9.70. The van der Waals surface area contributed by atoms with Gasteiger partial charge in [-0.2, -0.15) is 0 Å². The van der Waals surface area contributed by atoms with Crippen LogP contribution in [0.2, 0.25) is 5.02 Å². The van der Waals surface area contributed by atoms with Gasteiger partial charge in [0.25, 0.3) is 0 Å². The molecule has 1 amide bonds. The van der Waals surface area contributed by atoms with Crippen LogP contribution in [0.4, 0.5) is 5.13 Å². The molecular weight excluding hydrogens is 446 g/mol. The van der Waals surface area contributed by atoms with E-state index in [-0.39, 0.29) is 5.91 Å². The minimum atomic E-state index is 0.0771. The van der Waals surface area contributed by atoms with E-state index in [1.807, 2.05) is 49.4 Å². The molecular formula is C24H22ClN3OS2. The lowest BCUT2D eigenvalue weighted by atomic mass is 10.2. The molecule has 0 spiro atoms. The van der Waals surface area contributed by atoms with Crippen molar-refractivity contribution in [3.8, 4) is 0 Å². The maximum atomic E-state index is 13.2. The Balaban J connectivity index is 1.51. The normalized spacial score (nSPS) is 11.0. The molecule has 0 fully saturated rings. The molecule has 0 radical (unpaired) electrons. The SMILES string of the molecule is Cc1c(Cl)ccc2sc(N(Cc3ccncc3)C(=O)CCCSc3ccccc3)nc12. The summed E-state index contributed by atoms with van der Waals surface area (Å²) in [5, 5.41) is 1.40. The van der Waals surface area contributed by atoms with Gasteiger partial charge in [0, 0.05) is 28.7 Å². The molecule has 0 unspecified atom stereocenters. The molecule has 158 valence electrons. The smallest absolute Gasteiger partial charge is 0.229 e. The number of benzene rings is 2. The number of hydrogen-bond acceptors (Lipinski definition) is 5. The van der Waals surface area contributed by atoms with Gasteiger partial charge in [0.2, 0.25) is 5.91 Å². The summed E-state index contributed by atoms with van der Waals surface area (Å²) in [7, 11) is 0. The summed E-state index contributed by atoms with van der Waals surface area (Å²) in [6.45, 7) is 2.43. The van der Waals surface area contributed by atoms with Gasteiger partial charge in [0.1, 0.15) is 0 Å². The molecule has 2 heterocycles. The summed E-state index contributed by atoms with van der Waals surface area (Å²) >= 11 is 9.58. The van der Waals surface area contributed by atoms with Gasteiger partial charge < -0.3 is 0 Å². The molecule has 0 saturated heterocycles. The number of nitrogens with zero attached hydrogens (tertiary/aromatic N) is 3. The standard InChI is InChI=1S/C24H22ClN3OS2/c1-17-20(25)9-10-21-23(17)27-24(31-21)28(16-18-11-13-26-14-12-18)22(29)8-5-15-30-19-6-3-2-4-7-19/h2-4,6-7,9-14H,5,8,15-16H2,1H3. The molecule has 0 aliphatic rings. The van der Waals surface area contributed by atoms with E-state index in [0.29, 0.717) is 23.1 Å². The highest BCUT2D eigenvalue weighted by Crippen LogP contribution is 2.34. The van der Waals surface area contributed by atoms with Crippen molar-refractivity contribution < 1.29 is 4.79 Å². The number of fused-ring (bicyclic) bond motifs is 1. The molecule has 0 N–H and O–H groups in total. The lowest BCUT2D eigenvalue weighted by Gasteiger charge is -2.20. The predicted octanol–water partition coefficient (Wildman–Crippen LogP) is 6.76. The van der Waals surface area contributed by atoms with Crippen molar-refractivity contribution in [2.24, 2.45) is 0 Å². The molecule has 4 aromatic rings. The number of hydrogen-bond donors (Lipinski definition) is 0. The third-order valence-electron chi connectivity index (χ3n) is 4.91. The monoisotopic (exact) mass is 467 g/mol. The molecule has 4 rings (SSSR count). The molecule has 0 aliphatic heterocycles. The van der Waals surface area contributed by atoms with E-state index in [0.717, 1.165) is 33.5 Å². The van der Waals surface area contributed by atoms with E-state index in [2.05, 4.69) is 17.1 Å². The molecule has 4 nitrogen and oxygen atoms in total. The van der Waals surface area contributed by atoms with Crippen molar-refractivity contribution in [3.63, 3.8) is 0 Å². The van der Waals surface area contributed by atoms with E-state index in [1.54, 1.807) is 29.1 Å². The number of carbonyl (C=O) groups excluding carboxylic acids is 1. The number of rotatable bonds is 8. The van der Waals surface area contributed by atoms with Crippen LogP contribution in [-0.4, -0.2) is 21.6 Å². The number of carbonyl (C=O) groups is 1. The fourth-order valence-corrected chi connectivity index (χ4v) is 5.27. The average Bonchev–Trinajstić information content (AvgIpc) is 3.23. The maximum absolute atomic E-state index is 13.2. The van der Waals surface area contributed by atoms with Crippen LogP contribution in [0.15, 0.2) is 71.9 Å². The largest absolute Gasteiger partial charge is 0.284 e. The topological polar surface area (TPSA) is 46.1 Å². The fourth-order valence-electron chi connectivity index (χ4n) is 3.20.